The summed E-state index contributed by atoms with van der Waals surface area (Å²) >= 11 is 3.84. The van der Waals surface area contributed by atoms with Crippen molar-refractivity contribution in [1.82, 2.24) is 0 Å². The van der Waals surface area contributed by atoms with Crippen molar-refractivity contribution in [3.63, 3.8) is 0 Å². The molecule has 1 saturated carbocycles. The first-order valence-corrected chi connectivity index (χ1v) is 7.47. The molecule has 1 fully saturated rings. The van der Waals surface area contributed by atoms with Crippen molar-refractivity contribution in [3.8, 4) is 0 Å². The molecule has 0 amide bonds. The van der Waals surface area contributed by atoms with Crippen LogP contribution in [0, 0.1) is 5.92 Å². The maximum absolute atomic E-state index is 5.49. The van der Waals surface area contributed by atoms with E-state index in [1.807, 2.05) is 0 Å². The highest BCUT2D eigenvalue weighted by Crippen LogP contribution is 2.31. The Hall–Kier alpha value is 0.400. The minimum Gasteiger partial charge on any atom is -0.382 e. The molecule has 1 rings (SSSR count). The quantitative estimate of drug-likeness (QED) is 0.404. The molecule has 0 aliphatic heterocycles. The van der Waals surface area contributed by atoms with Crippen LogP contribution in [0.25, 0.3) is 0 Å². The van der Waals surface area contributed by atoms with Crippen molar-refractivity contribution in [2.24, 2.45) is 5.92 Å². The second kappa shape index (κ2) is 9.43. The van der Waals surface area contributed by atoms with E-state index >= 15 is 0 Å². The Bertz CT molecular complexity index is 164. The van der Waals surface area contributed by atoms with Crippen LogP contribution < -0.4 is 0 Å². The number of hydrogen-bond donors (Lipinski definition) is 0. The van der Waals surface area contributed by atoms with E-state index in [4.69, 9.17) is 9.47 Å². The van der Waals surface area contributed by atoms with Gasteiger partial charge in [-0.1, -0.05) is 35.2 Å². The van der Waals surface area contributed by atoms with Gasteiger partial charge in [-0.25, -0.2) is 0 Å². The van der Waals surface area contributed by atoms with Gasteiger partial charge in [0.15, 0.2) is 0 Å². The highest BCUT2D eigenvalue weighted by molar-refractivity contribution is 9.09. The van der Waals surface area contributed by atoms with Crippen LogP contribution in [0.5, 0.6) is 0 Å². The first-order chi connectivity index (χ1) is 7.84. The Labute approximate surface area is 108 Å². The minimum atomic E-state index is 0.713. The number of rotatable bonds is 7. The molecule has 0 spiro atoms. The maximum Gasteiger partial charge on any atom is 0.0700 e. The summed E-state index contributed by atoms with van der Waals surface area (Å²) in [4.78, 5) is 0.744. The molecule has 3 heteroatoms. The lowest BCUT2D eigenvalue weighted by Gasteiger charge is -2.19. The van der Waals surface area contributed by atoms with Crippen molar-refractivity contribution in [2.75, 3.05) is 26.9 Å². The molecule has 2 unspecified atom stereocenters. The zero-order valence-electron chi connectivity index (χ0n) is 10.4. The van der Waals surface area contributed by atoms with E-state index < -0.39 is 0 Å². The molecule has 0 heterocycles. The van der Waals surface area contributed by atoms with Crippen LogP contribution in [0.15, 0.2) is 0 Å². The van der Waals surface area contributed by atoms with E-state index in [9.17, 15) is 0 Å². The molecule has 2 nitrogen and oxygen atoms in total. The van der Waals surface area contributed by atoms with Crippen LogP contribution in [0.3, 0.4) is 0 Å². The average Bonchev–Trinajstić information content (AvgIpc) is 2.49. The molecule has 16 heavy (non-hydrogen) atoms. The first kappa shape index (κ1) is 14.5. The number of alkyl halides is 1. The highest BCUT2D eigenvalue weighted by Gasteiger charge is 2.20. The zero-order chi connectivity index (χ0) is 11.6. The molecule has 2 atom stereocenters. The van der Waals surface area contributed by atoms with E-state index in [0.717, 1.165) is 24.0 Å². The molecule has 0 N–H and O–H groups in total. The van der Waals surface area contributed by atoms with Gasteiger partial charge in [-0.05, 0) is 31.6 Å². The Morgan fingerprint density at radius 3 is 2.69 bits per heavy atom. The molecule has 1 aliphatic rings. The summed E-state index contributed by atoms with van der Waals surface area (Å²) < 4.78 is 10.4. The molecule has 0 bridgehead atoms. The van der Waals surface area contributed by atoms with E-state index in [-0.39, 0.29) is 0 Å². The third kappa shape index (κ3) is 6.21. The lowest BCUT2D eigenvalue weighted by atomic mass is 9.95. The van der Waals surface area contributed by atoms with Gasteiger partial charge in [0.1, 0.15) is 0 Å². The smallest absolute Gasteiger partial charge is 0.0700 e. The monoisotopic (exact) mass is 292 g/mol. The molecular weight excluding hydrogens is 268 g/mol. The fraction of sp³-hybridized carbons (Fsp3) is 1.00. The second-order valence-corrected chi connectivity index (χ2v) is 5.84. The van der Waals surface area contributed by atoms with Gasteiger partial charge < -0.3 is 9.47 Å². The van der Waals surface area contributed by atoms with Gasteiger partial charge in [0.2, 0.25) is 0 Å². The van der Waals surface area contributed by atoms with Crippen LogP contribution in [-0.4, -0.2) is 31.8 Å². The van der Waals surface area contributed by atoms with Crippen molar-refractivity contribution in [2.45, 2.75) is 49.8 Å². The molecule has 0 radical (unpaired) electrons. The molecule has 0 aromatic carbocycles. The van der Waals surface area contributed by atoms with E-state index in [1.54, 1.807) is 7.11 Å². The lowest BCUT2D eigenvalue weighted by molar-refractivity contribution is 0.0670. The Kier molecular flexibility index (Phi) is 8.52. The van der Waals surface area contributed by atoms with Gasteiger partial charge in [0.25, 0.3) is 0 Å². The van der Waals surface area contributed by atoms with Gasteiger partial charge in [-0.15, -0.1) is 0 Å². The maximum atomic E-state index is 5.49. The van der Waals surface area contributed by atoms with E-state index in [1.165, 1.54) is 44.9 Å². The normalized spacial score (nSPS) is 26.6. The van der Waals surface area contributed by atoms with Crippen LogP contribution in [-0.2, 0) is 9.47 Å². The van der Waals surface area contributed by atoms with E-state index in [0.29, 0.717) is 6.61 Å². The van der Waals surface area contributed by atoms with Crippen LogP contribution in [0.2, 0.25) is 0 Å². The molecule has 0 saturated heterocycles. The van der Waals surface area contributed by atoms with Crippen molar-refractivity contribution >= 4 is 15.9 Å². The molecule has 0 aromatic heterocycles. The molecule has 0 aromatic rings. The van der Waals surface area contributed by atoms with Gasteiger partial charge in [0, 0.05) is 18.5 Å². The van der Waals surface area contributed by atoms with Crippen molar-refractivity contribution in [1.29, 1.82) is 0 Å². The molecule has 96 valence electrons. The van der Waals surface area contributed by atoms with Crippen molar-refractivity contribution < 1.29 is 9.47 Å². The number of hydrogen-bond acceptors (Lipinski definition) is 2. The highest BCUT2D eigenvalue weighted by atomic mass is 79.9. The summed E-state index contributed by atoms with van der Waals surface area (Å²) in [5.74, 6) is 0.869. The number of methoxy groups -OCH3 is 1. The molecule has 1 aliphatic carbocycles. The van der Waals surface area contributed by atoms with E-state index in [2.05, 4.69) is 15.9 Å². The fourth-order valence-electron chi connectivity index (χ4n) is 2.36. The van der Waals surface area contributed by atoms with Gasteiger partial charge in [-0.3, -0.25) is 0 Å². The summed E-state index contributed by atoms with van der Waals surface area (Å²) in [5, 5.41) is 0. The fourth-order valence-corrected chi connectivity index (χ4v) is 3.21. The van der Waals surface area contributed by atoms with Crippen LogP contribution >= 0.6 is 15.9 Å². The summed E-state index contributed by atoms with van der Waals surface area (Å²) in [6.07, 6.45) is 9.49. The van der Waals surface area contributed by atoms with Gasteiger partial charge >= 0.3 is 0 Å². The Balaban J connectivity index is 2.01. The third-order valence-corrected chi connectivity index (χ3v) is 4.57. The van der Waals surface area contributed by atoms with Gasteiger partial charge in [-0.2, -0.15) is 0 Å². The molecular formula is C13H25BrO2. The predicted molar refractivity (Wildman–Crippen MR) is 71.2 cm³/mol. The average molecular weight is 293 g/mol. The predicted octanol–water partition coefficient (Wildman–Crippen LogP) is 3.77. The summed E-state index contributed by atoms with van der Waals surface area (Å²) in [6.45, 7) is 2.34. The Morgan fingerprint density at radius 2 is 1.88 bits per heavy atom. The SMILES string of the molecule is COCCOCCCC1CCCCCC1Br. The summed E-state index contributed by atoms with van der Waals surface area (Å²) in [7, 11) is 1.71. The number of ether oxygens (including phenoxy) is 2. The summed E-state index contributed by atoms with van der Waals surface area (Å²) in [5.41, 5.74) is 0. The Morgan fingerprint density at radius 1 is 1.06 bits per heavy atom. The summed E-state index contributed by atoms with van der Waals surface area (Å²) in [6, 6.07) is 0. The van der Waals surface area contributed by atoms with Crippen molar-refractivity contribution in [3.05, 3.63) is 0 Å². The lowest BCUT2D eigenvalue weighted by Crippen LogP contribution is -2.14. The van der Waals surface area contributed by atoms with Gasteiger partial charge in [0.05, 0.1) is 13.2 Å². The van der Waals surface area contributed by atoms with Crippen LogP contribution in [0.1, 0.15) is 44.9 Å². The second-order valence-electron chi connectivity index (χ2n) is 4.66. The number of halogens is 1. The first-order valence-electron chi connectivity index (χ1n) is 6.55. The largest absolute Gasteiger partial charge is 0.382 e. The topological polar surface area (TPSA) is 18.5 Å². The minimum absolute atomic E-state index is 0.713. The standard InChI is InChI=1S/C13H25BrO2/c1-15-10-11-16-9-5-7-12-6-3-2-4-8-13(12)14/h12-13H,2-11H2,1H3. The zero-order valence-corrected chi connectivity index (χ0v) is 12.0. The third-order valence-electron chi connectivity index (χ3n) is 3.36. The van der Waals surface area contributed by atoms with Crippen LogP contribution in [0.4, 0.5) is 0 Å².